The molecule has 0 amide bonds. The molecule has 0 aliphatic carbocycles. The highest BCUT2D eigenvalue weighted by Crippen LogP contribution is 2.29. The molecule has 0 N–H and O–H groups in total. The zero-order chi connectivity index (χ0) is 11.7. The van der Waals surface area contributed by atoms with Crippen LogP contribution in [0, 0.1) is 0 Å². The van der Waals surface area contributed by atoms with Gasteiger partial charge in [0.25, 0.3) is 0 Å². The Labute approximate surface area is 115 Å². The summed E-state index contributed by atoms with van der Waals surface area (Å²) < 4.78 is 2.58. The number of piperidine rings is 1. The number of hydrogen-bond acceptors (Lipinski definition) is 2. The third-order valence-corrected chi connectivity index (χ3v) is 4.95. The summed E-state index contributed by atoms with van der Waals surface area (Å²) in [5.41, 5.74) is 0. The second-order valence-electron chi connectivity index (χ2n) is 4.73. The highest BCUT2D eigenvalue weighted by Gasteiger charge is 2.11. The lowest BCUT2D eigenvalue weighted by Crippen LogP contribution is -2.28. The highest BCUT2D eigenvalue weighted by molar-refractivity contribution is 9.10. The first-order valence-corrected chi connectivity index (χ1v) is 7.82. The van der Waals surface area contributed by atoms with Gasteiger partial charge in [0.2, 0.25) is 0 Å². The molecular formula is C14H16BrNS. The van der Waals surface area contributed by atoms with Gasteiger partial charge < -0.3 is 0 Å². The molecule has 3 heteroatoms. The summed E-state index contributed by atoms with van der Waals surface area (Å²) in [5.74, 6) is 0. The summed E-state index contributed by atoms with van der Waals surface area (Å²) in [6.45, 7) is 3.69. The lowest BCUT2D eigenvalue weighted by atomic mass is 10.1. The van der Waals surface area contributed by atoms with Crippen molar-refractivity contribution in [2.45, 2.75) is 25.8 Å². The van der Waals surface area contributed by atoms with E-state index in [1.165, 1.54) is 51.8 Å². The molecule has 90 valence electrons. The minimum absolute atomic E-state index is 1.14. The largest absolute Gasteiger partial charge is 0.298 e. The van der Waals surface area contributed by atoms with Crippen molar-refractivity contribution in [3.8, 4) is 0 Å². The van der Waals surface area contributed by atoms with Crippen molar-refractivity contribution in [2.24, 2.45) is 0 Å². The smallest absolute Gasteiger partial charge is 0.0346 e. The molecule has 0 spiro atoms. The number of thiophene rings is 1. The molecule has 2 heterocycles. The summed E-state index contributed by atoms with van der Waals surface area (Å²) in [5, 5.41) is 1.37. The molecule has 0 atom stereocenters. The standard InChI is InChI=1S/C14H16BrNS/c15-12-4-5-14-11(8-12)9-13(17-14)10-16-6-2-1-3-7-16/h4-5,8-9H,1-3,6-7,10H2. The molecule has 1 saturated heterocycles. The van der Waals surface area contributed by atoms with Crippen LogP contribution in [0.1, 0.15) is 24.1 Å². The lowest BCUT2D eigenvalue weighted by Gasteiger charge is -2.25. The second kappa shape index (κ2) is 5.09. The van der Waals surface area contributed by atoms with Gasteiger partial charge in [-0.1, -0.05) is 22.4 Å². The van der Waals surface area contributed by atoms with Gasteiger partial charge in [-0.3, -0.25) is 4.90 Å². The van der Waals surface area contributed by atoms with Gasteiger partial charge in [-0.2, -0.15) is 0 Å². The zero-order valence-electron chi connectivity index (χ0n) is 9.79. The van der Waals surface area contributed by atoms with Gasteiger partial charge in [-0.15, -0.1) is 11.3 Å². The fraction of sp³-hybridized carbons (Fsp3) is 0.429. The third kappa shape index (κ3) is 2.72. The van der Waals surface area contributed by atoms with E-state index in [9.17, 15) is 0 Å². The van der Waals surface area contributed by atoms with Crippen LogP contribution in [0.25, 0.3) is 10.1 Å². The molecule has 1 aliphatic rings. The van der Waals surface area contributed by atoms with Crippen LogP contribution in [-0.4, -0.2) is 18.0 Å². The van der Waals surface area contributed by atoms with Crippen LogP contribution in [0.15, 0.2) is 28.7 Å². The average molecular weight is 310 g/mol. The predicted molar refractivity (Wildman–Crippen MR) is 78.7 cm³/mol. The van der Waals surface area contributed by atoms with E-state index in [0.717, 1.165) is 6.54 Å². The number of likely N-dealkylation sites (tertiary alicyclic amines) is 1. The number of benzene rings is 1. The van der Waals surface area contributed by atoms with Crippen molar-refractivity contribution < 1.29 is 0 Å². The Morgan fingerprint density at radius 2 is 1.94 bits per heavy atom. The van der Waals surface area contributed by atoms with E-state index in [1.54, 1.807) is 0 Å². The van der Waals surface area contributed by atoms with Crippen LogP contribution >= 0.6 is 27.3 Å². The minimum atomic E-state index is 1.14. The molecule has 17 heavy (non-hydrogen) atoms. The van der Waals surface area contributed by atoms with Crippen molar-refractivity contribution in [2.75, 3.05) is 13.1 Å². The maximum Gasteiger partial charge on any atom is 0.0346 e. The molecular weight excluding hydrogens is 294 g/mol. The Hall–Kier alpha value is -0.380. The molecule has 1 aromatic carbocycles. The SMILES string of the molecule is Brc1ccc2sc(CN3CCCCC3)cc2c1. The lowest BCUT2D eigenvalue weighted by molar-refractivity contribution is 0.223. The van der Waals surface area contributed by atoms with E-state index in [0.29, 0.717) is 0 Å². The predicted octanol–water partition coefficient (Wildman–Crippen LogP) is 4.65. The van der Waals surface area contributed by atoms with Gasteiger partial charge in [-0.25, -0.2) is 0 Å². The topological polar surface area (TPSA) is 3.24 Å². The summed E-state index contributed by atoms with van der Waals surface area (Å²) in [7, 11) is 0. The molecule has 1 aliphatic heterocycles. The van der Waals surface area contributed by atoms with Crippen LogP contribution in [0.5, 0.6) is 0 Å². The molecule has 0 unspecified atom stereocenters. The van der Waals surface area contributed by atoms with Gasteiger partial charge in [0, 0.05) is 20.6 Å². The molecule has 1 nitrogen and oxygen atoms in total. The Morgan fingerprint density at radius 1 is 1.12 bits per heavy atom. The maximum absolute atomic E-state index is 3.53. The van der Waals surface area contributed by atoms with E-state index < -0.39 is 0 Å². The summed E-state index contributed by atoms with van der Waals surface area (Å²) in [6.07, 6.45) is 4.16. The number of halogens is 1. The van der Waals surface area contributed by atoms with Crippen LogP contribution in [0.4, 0.5) is 0 Å². The number of hydrogen-bond donors (Lipinski definition) is 0. The molecule has 0 saturated carbocycles. The molecule has 3 rings (SSSR count). The zero-order valence-corrected chi connectivity index (χ0v) is 12.2. The van der Waals surface area contributed by atoms with Gasteiger partial charge in [0.05, 0.1) is 0 Å². The first kappa shape index (κ1) is 11.7. The molecule has 2 aromatic rings. The molecule has 0 bridgehead atoms. The number of nitrogens with zero attached hydrogens (tertiary/aromatic N) is 1. The van der Waals surface area contributed by atoms with E-state index in [2.05, 4.69) is 45.1 Å². The number of rotatable bonds is 2. The van der Waals surface area contributed by atoms with E-state index in [4.69, 9.17) is 0 Å². The van der Waals surface area contributed by atoms with Crippen molar-refractivity contribution in [3.05, 3.63) is 33.6 Å². The van der Waals surface area contributed by atoms with Gasteiger partial charge in [-0.05, 0) is 55.6 Å². The van der Waals surface area contributed by atoms with E-state index in [1.807, 2.05) is 11.3 Å². The fourth-order valence-corrected chi connectivity index (χ4v) is 3.95. The monoisotopic (exact) mass is 309 g/mol. The fourth-order valence-electron chi connectivity index (χ4n) is 2.49. The Morgan fingerprint density at radius 3 is 2.76 bits per heavy atom. The van der Waals surface area contributed by atoms with E-state index >= 15 is 0 Å². The summed E-state index contributed by atoms with van der Waals surface area (Å²) in [6, 6.07) is 8.90. The Bertz CT molecular complexity index is 514. The van der Waals surface area contributed by atoms with Crippen molar-refractivity contribution in [1.29, 1.82) is 0 Å². The Kier molecular flexibility index (Phi) is 3.50. The quantitative estimate of drug-likeness (QED) is 0.780. The Balaban J connectivity index is 1.80. The van der Waals surface area contributed by atoms with Crippen molar-refractivity contribution in [3.63, 3.8) is 0 Å². The van der Waals surface area contributed by atoms with Gasteiger partial charge in [0.15, 0.2) is 0 Å². The molecule has 1 fully saturated rings. The van der Waals surface area contributed by atoms with Crippen molar-refractivity contribution >= 4 is 37.4 Å². The molecule has 0 radical (unpaired) electrons. The van der Waals surface area contributed by atoms with Crippen LogP contribution < -0.4 is 0 Å². The van der Waals surface area contributed by atoms with Crippen LogP contribution in [0.2, 0.25) is 0 Å². The first-order valence-electron chi connectivity index (χ1n) is 6.21. The average Bonchev–Trinajstić information content (AvgIpc) is 2.71. The van der Waals surface area contributed by atoms with Crippen molar-refractivity contribution in [1.82, 2.24) is 4.90 Å². The number of fused-ring (bicyclic) bond motifs is 1. The highest BCUT2D eigenvalue weighted by atomic mass is 79.9. The second-order valence-corrected chi connectivity index (χ2v) is 6.82. The minimum Gasteiger partial charge on any atom is -0.298 e. The normalized spacial score (nSPS) is 17.7. The van der Waals surface area contributed by atoms with Gasteiger partial charge in [0.1, 0.15) is 0 Å². The summed E-state index contributed by atoms with van der Waals surface area (Å²) in [4.78, 5) is 4.09. The first-order chi connectivity index (χ1) is 8.31. The van der Waals surface area contributed by atoms with Gasteiger partial charge >= 0.3 is 0 Å². The van der Waals surface area contributed by atoms with E-state index in [-0.39, 0.29) is 0 Å². The van der Waals surface area contributed by atoms with Crippen LogP contribution in [-0.2, 0) is 6.54 Å². The third-order valence-electron chi connectivity index (χ3n) is 3.36. The maximum atomic E-state index is 3.53. The van der Waals surface area contributed by atoms with Crippen LogP contribution in [0.3, 0.4) is 0 Å². The molecule has 1 aromatic heterocycles. The summed E-state index contributed by atoms with van der Waals surface area (Å²) >= 11 is 5.47.